The lowest BCUT2D eigenvalue weighted by Crippen LogP contribution is -2.19. The molecular formula is C16H23FN4. The molecule has 1 N–H and O–H groups in total. The number of benzene rings is 1. The third kappa shape index (κ3) is 4.36. The van der Waals surface area contributed by atoms with Gasteiger partial charge in [0, 0.05) is 12.1 Å². The summed E-state index contributed by atoms with van der Waals surface area (Å²) in [5, 5.41) is 7.65. The number of rotatable bonds is 6. The standard InChI is InChI=1S/C16H23FN4/c1-11(2)8-18-9-14-5-6-16(17)15(7-14)10-21-13(4)19-12(3)20-21/h5-7,11,18H,8-10H2,1-4H3. The number of hydrogen-bond donors (Lipinski definition) is 1. The monoisotopic (exact) mass is 290 g/mol. The molecule has 2 rings (SSSR count). The molecule has 21 heavy (non-hydrogen) atoms. The Morgan fingerprint density at radius 3 is 2.67 bits per heavy atom. The summed E-state index contributed by atoms with van der Waals surface area (Å²) < 4.78 is 15.7. The van der Waals surface area contributed by atoms with Gasteiger partial charge in [0.2, 0.25) is 0 Å². The Kier molecular flexibility index (Phi) is 5.07. The minimum atomic E-state index is -0.199. The molecule has 0 bridgehead atoms. The molecule has 4 nitrogen and oxygen atoms in total. The van der Waals surface area contributed by atoms with Gasteiger partial charge in [-0.15, -0.1) is 0 Å². The zero-order valence-electron chi connectivity index (χ0n) is 13.2. The highest BCUT2D eigenvalue weighted by Gasteiger charge is 2.08. The summed E-state index contributed by atoms with van der Waals surface area (Å²) in [4.78, 5) is 4.25. The Morgan fingerprint density at radius 2 is 2.05 bits per heavy atom. The number of aryl methyl sites for hydroxylation is 2. The van der Waals surface area contributed by atoms with E-state index in [1.54, 1.807) is 4.68 Å². The van der Waals surface area contributed by atoms with Crippen LogP contribution in [-0.2, 0) is 13.1 Å². The van der Waals surface area contributed by atoms with E-state index >= 15 is 0 Å². The zero-order valence-corrected chi connectivity index (χ0v) is 13.2. The van der Waals surface area contributed by atoms with Crippen molar-refractivity contribution in [1.29, 1.82) is 0 Å². The third-order valence-corrected chi connectivity index (χ3v) is 3.27. The highest BCUT2D eigenvalue weighted by atomic mass is 19.1. The maximum Gasteiger partial charge on any atom is 0.147 e. The van der Waals surface area contributed by atoms with Crippen LogP contribution in [0.15, 0.2) is 18.2 Å². The summed E-state index contributed by atoms with van der Waals surface area (Å²) in [6, 6.07) is 5.26. The molecule has 1 aromatic carbocycles. The maximum atomic E-state index is 14.0. The van der Waals surface area contributed by atoms with Gasteiger partial charge in [-0.05, 0) is 44.0 Å². The van der Waals surface area contributed by atoms with Crippen LogP contribution in [0.4, 0.5) is 4.39 Å². The van der Waals surface area contributed by atoms with E-state index in [-0.39, 0.29) is 5.82 Å². The van der Waals surface area contributed by atoms with E-state index in [1.165, 1.54) is 6.07 Å². The van der Waals surface area contributed by atoms with Crippen molar-refractivity contribution in [3.63, 3.8) is 0 Å². The largest absolute Gasteiger partial charge is 0.312 e. The molecule has 1 aromatic heterocycles. The molecule has 0 saturated carbocycles. The van der Waals surface area contributed by atoms with Gasteiger partial charge in [-0.1, -0.05) is 19.9 Å². The highest BCUT2D eigenvalue weighted by Crippen LogP contribution is 2.13. The summed E-state index contributed by atoms with van der Waals surface area (Å²) in [6.45, 7) is 10.2. The summed E-state index contributed by atoms with van der Waals surface area (Å²) in [5.74, 6) is 1.92. The second kappa shape index (κ2) is 6.80. The van der Waals surface area contributed by atoms with E-state index in [1.807, 2.05) is 26.0 Å². The van der Waals surface area contributed by atoms with Crippen LogP contribution in [0.25, 0.3) is 0 Å². The Morgan fingerprint density at radius 1 is 1.29 bits per heavy atom. The van der Waals surface area contributed by atoms with E-state index in [4.69, 9.17) is 0 Å². The van der Waals surface area contributed by atoms with Crippen molar-refractivity contribution in [1.82, 2.24) is 20.1 Å². The SMILES string of the molecule is Cc1nc(C)n(Cc2cc(CNCC(C)C)ccc2F)n1. The third-order valence-electron chi connectivity index (χ3n) is 3.27. The first-order chi connectivity index (χ1) is 9.95. The van der Waals surface area contributed by atoms with Crippen molar-refractivity contribution in [3.05, 3.63) is 46.8 Å². The average molecular weight is 290 g/mol. The van der Waals surface area contributed by atoms with Gasteiger partial charge in [-0.3, -0.25) is 0 Å². The summed E-state index contributed by atoms with van der Waals surface area (Å²) in [5.41, 5.74) is 1.73. The molecule has 0 fully saturated rings. The molecule has 0 aliphatic carbocycles. The zero-order chi connectivity index (χ0) is 15.4. The fourth-order valence-electron chi connectivity index (χ4n) is 2.24. The van der Waals surface area contributed by atoms with Gasteiger partial charge in [0.25, 0.3) is 0 Å². The van der Waals surface area contributed by atoms with E-state index in [9.17, 15) is 4.39 Å². The summed E-state index contributed by atoms with van der Waals surface area (Å²) in [6.07, 6.45) is 0. The molecule has 5 heteroatoms. The molecule has 1 heterocycles. The first-order valence-electron chi connectivity index (χ1n) is 7.31. The van der Waals surface area contributed by atoms with E-state index in [2.05, 4.69) is 29.2 Å². The van der Waals surface area contributed by atoms with Crippen LogP contribution in [-0.4, -0.2) is 21.3 Å². The van der Waals surface area contributed by atoms with Crippen molar-refractivity contribution in [3.8, 4) is 0 Å². The predicted molar refractivity (Wildman–Crippen MR) is 81.5 cm³/mol. The maximum absolute atomic E-state index is 14.0. The molecule has 0 aliphatic rings. The van der Waals surface area contributed by atoms with E-state index in [0.29, 0.717) is 23.9 Å². The van der Waals surface area contributed by atoms with Crippen LogP contribution < -0.4 is 5.32 Å². The van der Waals surface area contributed by atoms with E-state index in [0.717, 1.165) is 24.5 Å². The van der Waals surface area contributed by atoms with Crippen molar-refractivity contribution < 1.29 is 4.39 Å². The second-order valence-corrected chi connectivity index (χ2v) is 5.81. The van der Waals surface area contributed by atoms with Crippen LogP contribution in [0.2, 0.25) is 0 Å². The van der Waals surface area contributed by atoms with Gasteiger partial charge < -0.3 is 5.32 Å². The molecule has 0 spiro atoms. The minimum Gasteiger partial charge on any atom is -0.312 e. The van der Waals surface area contributed by atoms with Gasteiger partial charge in [0.15, 0.2) is 0 Å². The van der Waals surface area contributed by atoms with Crippen molar-refractivity contribution in [2.45, 2.75) is 40.8 Å². The molecule has 0 saturated heterocycles. The highest BCUT2D eigenvalue weighted by molar-refractivity contribution is 5.25. The Hall–Kier alpha value is -1.75. The van der Waals surface area contributed by atoms with Gasteiger partial charge in [0.1, 0.15) is 17.5 Å². The quantitative estimate of drug-likeness (QED) is 0.889. The molecule has 0 radical (unpaired) electrons. The number of aromatic nitrogens is 3. The molecule has 0 aliphatic heterocycles. The lowest BCUT2D eigenvalue weighted by Gasteiger charge is -2.10. The lowest BCUT2D eigenvalue weighted by molar-refractivity contribution is 0.548. The van der Waals surface area contributed by atoms with Crippen molar-refractivity contribution in [2.75, 3.05) is 6.54 Å². The van der Waals surface area contributed by atoms with Gasteiger partial charge in [-0.25, -0.2) is 14.1 Å². The van der Waals surface area contributed by atoms with Crippen LogP contribution >= 0.6 is 0 Å². The van der Waals surface area contributed by atoms with Crippen LogP contribution in [0, 0.1) is 25.6 Å². The van der Waals surface area contributed by atoms with E-state index < -0.39 is 0 Å². The fourth-order valence-corrected chi connectivity index (χ4v) is 2.24. The number of nitrogens with one attached hydrogen (secondary N) is 1. The van der Waals surface area contributed by atoms with Crippen molar-refractivity contribution in [2.24, 2.45) is 5.92 Å². The Balaban J connectivity index is 2.10. The first kappa shape index (κ1) is 15.6. The number of hydrogen-bond acceptors (Lipinski definition) is 3. The average Bonchev–Trinajstić information content (AvgIpc) is 2.71. The number of nitrogens with zero attached hydrogens (tertiary/aromatic N) is 3. The molecule has 114 valence electrons. The van der Waals surface area contributed by atoms with Gasteiger partial charge >= 0.3 is 0 Å². The topological polar surface area (TPSA) is 42.7 Å². The molecule has 0 unspecified atom stereocenters. The van der Waals surface area contributed by atoms with Gasteiger partial charge in [-0.2, -0.15) is 5.10 Å². The normalized spacial score (nSPS) is 11.3. The van der Waals surface area contributed by atoms with Crippen LogP contribution in [0.5, 0.6) is 0 Å². The second-order valence-electron chi connectivity index (χ2n) is 5.81. The molecule has 0 atom stereocenters. The molecule has 2 aromatic rings. The minimum absolute atomic E-state index is 0.199. The van der Waals surface area contributed by atoms with Crippen molar-refractivity contribution >= 4 is 0 Å². The molecule has 0 amide bonds. The van der Waals surface area contributed by atoms with Gasteiger partial charge in [0.05, 0.1) is 6.54 Å². The smallest absolute Gasteiger partial charge is 0.147 e. The predicted octanol–water partition coefficient (Wildman–Crippen LogP) is 2.83. The Labute approximate surface area is 125 Å². The van der Waals surface area contributed by atoms with Crippen LogP contribution in [0.3, 0.4) is 0 Å². The van der Waals surface area contributed by atoms with Crippen LogP contribution in [0.1, 0.15) is 36.6 Å². The summed E-state index contributed by atoms with van der Waals surface area (Å²) in [7, 11) is 0. The summed E-state index contributed by atoms with van der Waals surface area (Å²) >= 11 is 0. The lowest BCUT2D eigenvalue weighted by atomic mass is 10.1. The first-order valence-corrected chi connectivity index (χ1v) is 7.31. The fraction of sp³-hybridized carbons (Fsp3) is 0.500. The Bertz CT molecular complexity index is 604. The number of halogens is 1. The molecular weight excluding hydrogens is 267 g/mol.